The second-order valence-corrected chi connectivity index (χ2v) is 11.3. The smallest absolute Gasteiger partial charge is 0.338 e. The Labute approximate surface area is 229 Å². The van der Waals surface area contributed by atoms with E-state index in [0.717, 1.165) is 31.5 Å². The number of ether oxygens (including phenoxy) is 2. The molecule has 5 rings (SSSR count). The van der Waals surface area contributed by atoms with E-state index >= 15 is 4.39 Å². The van der Waals surface area contributed by atoms with Crippen molar-refractivity contribution in [1.82, 2.24) is 9.71 Å². The zero-order valence-electron chi connectivity index (χ0n) is 20.1. The van der Waals surface area contributed by atoms with Crippen molar-refractivity contribution in [2.24, 2.45) is 0 Å². The van der Waals surface area contributed by atoms with Gasteiger partial charge in [0.05, 0.1) is 29.3 Å². The normalized spacial score (nSPS) is 13.4. The van der Waals surface area contributed by atoms with E-state index in [2.05, 4.69) is 31.0 Å². The highest BCUT2D eigenvalue weighted by Gasteiger charge is 2.31. The molecule has 1 heterocycles. The zero-order valence-corrected chi connectivity index (χ0v) is 22.5. The predicted molar refractivity (Wildman–Crippen MR) is 140 cm³/mol. The maximum absolute atomic E-state index is 15.3. The molecular weight excluding hydrogens is 603 g/mol. The minimum Gasteiger partial charge on any atom is -0.465 e. The molecule has 0 atom stereocenters. The largest absolute Gasteiger partial charge is 0.465 e. The van der Waals surface area contributed by atoms with Crippen molar-refractivity contribution in [3.63, 3.8) is 0 Å². The highest BCUT2D eigenvalue weighted by Crippen LogP contribution is 2.37. The Morgan fingerprint density at radius 1 is 1.00 bits per heavy atom. The van der Waals surface area contributed by atoms with Gasteiger partial charge in [0.1, 0.15) is 33.8 Å². The number of hydrogen-bond donors (Lipinski definition) is 2. The molecule has 1 saturated carbocycles. The van der Waals surface area contributed by atoms with Crippen molar-refractivity contribution in [1.29, 1.82) is 0 Å². The van der Waals surface area contributed by atoms with Gasteiger partial charge in [-0.25, -0.2) is 31.1 Å². The molecule has 1 aromatic heterocycles. The minimum atomic E-state index is -4.13. The Morgan fingerprint density at radius 3 is 2.36 bits per heavy atom. The molecule has 0 aliphatic heterocycles. The number of sulfonamides is 1. The molecule has 3 aromatic carbocycles. The standard InChI is InChI=1S/C26H19BrF3N3O5S/c1-37-26(34)13-4-18(11-19(5-13)38-20-9-15(28)8-16(29)10-20)32-25-23(39(35,36)33-17-2-3-17)12-31-22-7-14(27)6-21(30)24(22)25/h4-12,17,33H,2-3H2,1H3,(H,31,32). The van der Waals surface area contributed by atoms with Crippen LogP contribution >= 0.6 is 15.9 Å². The molecule has 0 amide bonds. The second-order valence-electron chi connectivity index (χ2n) is 8.74. The third kappa shape index (κ3) is 6.00. The van der Waals surface area contributed by atoms with Crippen LogP contribution in [-0.2, 0) is 14.8 Å². The number of pyridine rings is 1. The van der Waals surface area contributed by atoms with Gasteiger partial charge >= 0.3 is 5.97 Å². The van der Waals surface area contributed by atoms with Crippen molar-refractivity contribution in [3.8, 4) is 11.5 Å². The van der Waals surface area contributed by atoms with Gasteiger partial charge in [-0.15, -0.1) is 0 Å². The number of nitrogens with one attached hydrogen (secondary N) is 2. The van der Waals surface area contributed by atoms with Crippen LogP contribution in [0.4, 0.5) is 24.5 Å². The monoisotopic (exact) mass is 621 g/mol. The van der Waals surface area contributed by atoms with Crippen LogP contribution in [0.25, 0.3) is 10.9 Å². The van der Waals surface area contributed by atoms with E-state index in [1.165, 1.54) is 24.3 Å². The predicted octanol–water partition coefficient (Wildman–Crippen LogP) is 6.18. The first-order valence-electron chi connectivity index (χ1n) is 11.5. The molecule has 0 radical (unpaired) electrons. The topological polar surface area (TPSA) is 107 Å². The second kappa shape index (κ2) is 10.5. The van der Waals surface area contributed by atoms with E-state index in [-0.39, 0.29) is 50.3 Å². The molecule has 2 N–H and O–H groups in total. The first-order chi connectivity index (χ1) is 18.5. The molecule has 39 heavy (non-hydrogen) atoms. The summed E-state index contributed by atoms with van der Waals surface area (Å²) in [6, 6.07) is 8.96. The Balaban J connectivity index is 1.65. The molecule has 8 nitrogen and oxygen atoms in total. The number of anilines is 2. The number of esters is 1. The van der Waals surface area contributed by atoms with Crippen LogP contribution in [0.3, 0.4) is 0 Å². The fourth-order valence-electron chi connectivity index (χ4n) is 3.87. The van der Waals surface area contributed by atoms with E-state index < -0.39 is 33.4 Å². The fraction of sp³-hybridized carbons (Fsp3) is 0.154. The number of aromatic nitrogens is 1. The summed E-state index contributed by atoms with van der Waals surface area (Å²) in [5.74, 6) is -3.51. The number of nitrogens with zero attached hydrogens (tertiary/aromatic N) is 1. The molecule has 4 aromatic rings. The number of hydrogen-bond acceptors (Lipinski definition) is 7. The van der Waals surface area contributed by atoms with Gasteiger partial charge in [0, 0.05) is 46.7 Å². The number of benzene rings is 3. The average molecular weight is 622 g/mol. The lowest BCUT2D eigenvalue weighted by Gasteiger charge is -2.17. The summed E-state index contributed by atoms with van der Waals surface area (Å²) in [4.78, 5) is 16.2. The average Bonchev–Trinajstić information content (AvgIpc) is 3.65. The molecule has 13 heteroatoms. The summed E-state index contributed by atoms with van der Waals surface area (Å²) in [5.41, 5.74) is 0.0902. The maximum Gasteiger partial charge on any atom is 0.338 e. The molecule has 1 fully saturated rings. The lowest BCUT2D eigenvalue weighted by atomic mass is 10.1. The third-order valence-corrected chi connectivity index (χ3v) is 7.70. The summed E-state index contributed by atoms with van der Waals surface area (Å²) < 4.78 is 82.4. The Morgan fingerprint density at radius 2 is 1.69 bits per heavy atom. The van der Waals surface area contributed by atoms with Gasteiger partial charge in [0.25, 0.3) is 0 Å². The molecule has 0 saturated heterocycles. The number of fused-ring (bicyclic) bond motifs is 1. The highest BCUT2D eigenvalue weighted by molar-refractivity contribution is 9.10. The molecule has 0 bridgehead atoms. The van der Waals surface area contributed by atoms with Gasteiger partial charge in [-0.3, -0.25) is 4.98 Å². The van der Waals surface area contributed by atoms with Gasteiger partial charge in [-0.1, -0.05) is 15.9 Å². The van der Waals surface area contributed by atoms with Crippen LogP contribution < -0.4 is 14.8 Å². The van der Waals surface area contributed by atoms with E-state index in [1.54, 1.807) is 0 Å². The van der Waals surface area contributed by atoms with Crippen molar-refractivity contribution in [2.75, 3.05) is 12.4 Å². The van der Waals surface area contributed by atoms with Crippen LogP contribution in [0.1, 0.15) is 23.2 Å². The van der Waals surface area contributed by atoms with Crippen LogP contribution in [0.15, 0.2) is 64.1 Å². The van der Waals surface area contributed by atoms with Crippen molar-refractivity contribution >= 4 is 54.2 Å². The molecule has 1 aliphatic rings. The molecule has 202 valence electrons. The van der Waals surface area contributed by atoms with Crippen LogP contribution in [0.5, 0.6) is 11.5 Å². The fourth-order valence-corrected chi connectivity index (χ4v) is 5.70. The van der Waals surface area contributed by atoms with Crippen LogP contribution in [-0.4, -0.2) is 32.5 Å². The van der Waals surface area contributed by atoms with Crippen molar-refractivity contribution < 1.29 is 35.9 Å². The number of carbonyl (C=O) groups excluding carboxylic acids is 1. The third-order valence-electron chi connectivity index (χ3n) is 5.71. The quantitative estimate of drug-likeness (QED) is 0.226. The maximum atomic E-state index is 15.3. The first kappa shape index (κ1) is 26.9. The van der Waals surface area contributed by atoms with Gasteiger partial charge in [-0.05, 0) is 37.1 Å². The van der Waals surface area contributed by atoms with Crippen LogP contribution in [0, 0.1) is 17.5 Å². The Kier molecular flexibility index (Phi) is 7.23. The minimum absolute atomic E-state index is 0.0311. The Bertz CT molecular complexity index is 1710. The first-order valence-corrected chi connectivity index (χ1v) is 13.7. The number of rotatable bonds is 8. The van der Waals surface area contributed by atoms with Crippen LogP contribution in [0.2, 0.25) is 0 Å². The van der Waals surface area contributed by atoms with E-state index in [1.807, 2.05) is 0 Å². The molecule has 1 aliphatic carbocycles. The lowest BCUT2D eigenvalue weighted by Crippen LogP contribution is -2.26. The van der Waals surface area contributed by atoms with E-state index in [0.29, 0.717) is 23.4 Å². The molecule has 0 unspecified atom stereocenters. The number of methoxy groups -OCH3 is 1. The summed E-state index contributed by atoms with van der Waals surface area (Å²) >= 11 is 3.21. The van der Waals surface area contributed by atoms with Gasteiger partial charge in [0.15, 0.2) is 0 Å². The molecule has 0 spiro atoms. The summed E-state index contributed by atoms with van der Waals surface area (Å²) in [6.07, 6.45) is 2.46. The summed E-state index contributed by atoms with van der Waals surface area (Å²) in [7, 11) is -2.97. The van der Waals surface area contributed by atoms with Gasteiger partial charge in [-0.2, -0.15) is 0 Å². The summed E-state index contributed by atoms with van der Waals surface area (Å²) in [6.45, 7) is 0. The van der Waals surface area contributed by atoms with Crippen molar-refractivity contribution in [3.05, 3.63) is 82.2 Å². The Hall–Kier alpha value is -3.68. The number of halogens is 4. The zero-order chi connectivity index (χ0) is 27.9. The summed E-state index contributed by atoms with van der Waals surface area (Å²) in [5, 5.41) is 2.78. The van der Waals surface area contributed by atoms with Crippen molar-refractivity contribution in [2.45, 2.75) is 23.8 Å². The van der Waals surface area contributed by atoms with E-state index in [4.69, 9.17) is 9.47 Å². The van der Waals surface area contributed by atoms with Gasteiger partial charge in [0.2, 0.25) is 10.0 Å². The van der Waals surface area contributed by atoms with Gasteiger partial charge < -0.3 is 14.8 Å². The highest BCUT2D eigenvalue weighted by atomic mass is 79.9. The number of carbonyl (C=O) groups is 1. The lowest BCUT2D eigenvalue weighted by molar-refractivity contribution is 0.0600. The SMILES string of the molecule is COC(=O)c1cc(Nc2c(S(=O)(=O)NC3CC3)cnc3cc(Br)cc(F)c23)cc(Oc2cc(F)cc(F)c2)c1. The van der Waals surface area contributed by atoms with E-state index in [9.17, 15) is 22.0 Å². The molecular formula is C26H19BrF3N3O5S.